The van der Waals surface area contributed by atoms with Crippen molar-refractivity contribution in [1.82, 2.24) is 0 Å². The molecule has 0 aromatic heterocycles. The Hall–Kier alpha value is -2.82. The minimum Gasteiger partial charge on any atom is -0.505 e. The van der Waals surface area contributed by atoms with Gasteiger partial charge in [0.05, 0.1) is 17.2 Å². The summed E-state index contributed by atoms with van der Waals surface area (Å²) in [7, 11) is 0. The van der Waals surface area contributed by atoms with Gasteiger partial charge in [0.2, 0.25) is 5.70 Å². The van der Waals surface area contributed by atoms with Gasteiger partial charge >= 0.3 is 5.97 Å². The van der Waals surface area contributed by atoms with Crippen molar-refractivity contribution in [3.63, 3.8) is 0 Å². The van der Waals surface area contributed by atoms with Crippen molar-refractivity contribution in [2.45, 2.75) is 6.92 Å². The Morgan fingerprint density at radius 3 is 2.35 bits per heavy atom. The number of halogens is 1. The van der Waals surface area contributed by atoms with E-state index in [4.69, 9.17) is 4.74 Å². The van der Waals surface area contributed by atoms with Crippen LogP contribution in [0.25, 0.3) is 5.76 Å². The Morgan fingerprint density at radius 2 is 1.81 bits per heavy atom. The molecule has 0 radical (unpaired) electrons. The summed E-state index contributed by atoms with van der Waals surface area (Å²) in [6, 6.07) is 12.1. The van der Waals surface area contributed by atoms with Crippen LogP contribution in [0.15, 0.2) is 64.5 Å². The number of nitro benzene ring substituents is 1. The lowest BCUT2D eigenvalue weighted by molar-refractivity contribution is -0.384. The summed E-state index contributed by atoms with van der Waals surface area (Å²) in [5, 5.41) is 28.9. The first kappa shape index (κ1) is 19.5. The molecule has 0 fully saturated rings. The van der Waals surface area contributed by atoms with E-state index in [9.17, 15) is 20.0 Å². The van der Waals surface area contributed by atoms with Crippen LogP contribution in [0.5, 0.6) is 0 Å². The molecule has 0 heterocycles. The summed E-state index contributed by atoms with van der Waals surface area (Å²) in [5.74, 6) is -1.33. The molecule has 9 heteroatoms. The predicted octanol–water partition coefficient (Wildman–Crippen LogP) is 4.77. The molecule has 2 aromatic carbocycles. The average Bonchev–Trinajstić information content (AvgIpc) is 2.63. The van der Waals surface area contributed by atoms with Gasteiger partial charge in [0, 0.05) is 21.3 Å². The maximum atomic E-state index is 12.1. The monoisotopic (exact) mass is 467 g/mol. The summed E-state index contributed by atoms with van der Waals surface area (Å²) in [6.07, 6.45) is 0. The van der Waals surface area contributed by atoms with Crippen molar-refractivity contribution in [2.24, 2.45) is 10.2 Å². The Balaban J connectivity index is 2.41. The van der Waals surface area contributed by atoms with Crippen molar-refractivity contribution in [2.75, 3.05) is 6.61 Å². The van der Waals surface area contributed by atoms with Crippen LogP contribution in [-0.2, 0) is 9.53 Å². The highest BCUT2D eigenvalue weighted by Crippen LogP contribution is 2.23. The van der Waals surface area contributed by atoms with E-state index < -0.39 is 16.7 Å². The zero-order valence-corrected chi connectivity index (χ0v) is 15.8. The number of non-ortho nitro benzene ring substituents is 1. The van der Waals surface area contributed by atoms with Crippen molar-refractivity contribution < 1.29 is 19.6 Å². The highest BCUT2D eigenvalue weighted by atomic mass is 127. The van der Waals surface area contributed by atoms with Crippen LogP contribution in [-0.4, -0.2) is 22.6 Å². The van der Waals surface area contributed by atoms with Crippen LogP contribution in [0, 0.1) is 13.7 Å². The molecular formula is C17H14IN3O5. The maximum Gasteiger partial charge on any atom is 0.362 e. The summed E-state index contributed by atoms with van der Waals surface area (Å²) in [6.45, 7) is 1.71. The lowest BCUT2D eigenvalue weighted by Crippen LogP contribution is -2.08. The molecule has 8 nitrogen and oxygen atoms in total. The number of benzene rings is 2. The smallest absolute Gasteiger partial charge is 0.362 e. The van der Waals surface area contributed by atoms with E-state index >= 15 is 0 Å². The number of nitro groups is 1. The topological polar surface area (TPSA) is 114 Å². The van der Waals surface area contributed by atoms with Gasteiger partial charge in [-0.05, 0) is 65.9 Å². The third-order valence-electron chi connectivity index (χ3n) is 3.14. The Bertz CT molecular complexity index is 861. The number of aliphatic hydroxyl groups is 1. The molecule has 26 heavy (non-hydrogen) atoms. The fraction of sp³-hybridized carbons (Fsp3) is 0.118. The first-order chi connectivity index (χ1) is 12.4. The van der Waals surface area contributed by atoms with Crippen molar-refractivity contribution in [3.8, 4) is 0 Å². The van der Waals surface area contributed by atoms with Crippen LogP contribution >= 0.6 is 22.6 Å². The lowest BCUT2D eigenvalue weighted by atomic mass is 10.1. The van der Waals surface area contributed by atoms with Crippen LogP contribution in [0.1, 0.15) is 12.5 Å². The summed E-state index contributed by atoms with van der Waals surface area (Å²) in [5.41, 5.74) is 0.142. The number of hydrogen-bond donors (Lipinski definition) is 1. The lowest BCUT2D eigenvalue weighted by Gasteiger charge is -2.06. The second-order valence-electron chi connectivity index (χ2n) is 4.90. The van der Waals surface area contributed by atoms with Crippen LogP contribution < -0.4 is 0 Å². The molecule has 0 saturated carbocycles. The van der Waals surface area contributed by atoms with Crippen molar-refractivity contribution in [3.05, 3.63) is 73.5 Å². The van der Waals surface area contributed by atoms with Crippen molar-refractivity contribution in [1.29, 1.82) is 0 Å². The maximum absolute atomic E-state index is 12.1. The molecule has 0 saturated heterocycles. The fourth-order valence-electron chi connectivity index (χ4n) is 1.88. The van der Waals surface area contributed by atoms with Gasteiger partial charge in [-0.1, -0.05) is 0 Å². The predicted molar refractivity (Wildman–Crippen MR) is 103 cm³/mol. The van der Waals surface area contributed by atoms with Crippen LogP contribution in [0.3, 0.4) is 0 Å². The first-order valence-corrected chi connectivity index (χ1v) is 8.52. The highest BCUT2D eigenvalue weighted by Gasteiger charge is 2.19. The van der Waals surface area contributed by atoms with Gasteiger partial charge < -0.3 is 9.84 Å². The van der Waals surface area contributed by atoms with E-state index in [-0.39, 0.29) is 23.6 Å². The Labute approximate surface area is 162 Å². The summed E-state index contributed by atoms with van der Waals surface area (Å²) >= 11 is 2.14. The number of esters is 1. The third-order valence-corrected chi connectivity index (χ3v) is 3.86. The Kier molecular flexibility index (Phi) is 6.78. The largest absolute Gasteiger partial charge is 0.505 e. The van der Waals surface area contributed by atoms with Gasteiger partial charge in [0.15, 0.2) is 5.76 Å². The molecule has 134 valence electrons. The minimum absolute atomic E-state index is 0.0922. The number of azo groups is 1. The molecule has 2 rings (SSSR count). The van der Waals surface area contributed by atoms with E-state index in [0.717, 1.165) is 3.57 Å². The van der Waals surface area contributed by atoms with Gasteiger partial charge in [0.1, 0.15) is 0 Å². The SMILES string of the molecule is CCOC(=O)/C(N=Nc1ccc(I)cc1)=C(\O)c1ccc([N+](=O)[O-])cc1. The van der Waals surface area contributed by atoms with Gasteiger partial charge in [-0.3, -0.25) is 10.1 Å². The standard InChI is InChI=1S/C17H14IN3O5/c1-2-26-17(23)15(20-19-13-7-5-12(18)6-8-13)16(22)11-3-9-14(10-4-11)21(24)25/h3-10,22H,2H2,1H3/b16-15+,20-19?. The number of ether oxygens (including phenoxy) is 1. The molecule has 0 unspecified atom stereocenters. The van der Waals surface area contributed by atoms with E-state index in [2.05, 4.69) is 32.8 Å². The van der Waals surface area contributed by atoms with Gasteiger partial charge in [-0.2, -0.15) is 5.11 Å². The van der Waals surface area contributed by atoms with E-state index in [1.807, 2.05) is 12.1 Å². The average molecular weight is 467 g/mol. The first-order valence-electron chi connectivity index (χ1n) is 7.45. The van der Waals surface area contributed by atoms with Gasteiger partial charge in [-0.25, -0.2) is 4.79 Å². The molecule has 0 aliphatic heterocycles. The molecule has 0 amide bonds. The number of hydrogen-bond acceptors (Lipinski definition) is 7. The molecule has 2 aromatic rings. The molecule has 0 bridgehead atoms. The fourth-order valence-corrected chi connectivity index (χ4v) is 2.24. The van der Waals surface area contributed by atoms with Crippen LogP contribution in [0.2, 0.25) is 0 Å². The van der Waals surface area contributed by atoms with E-state index in [0.29, 0.717) is 5.69 Å². The zero-order valence-electron chi connectivity index (χ0n) is 13.6. The van der Waals surface area contributed by atoms with E-state index in [1.54, 1.807) is 19.1 Å². The minimum atomic E-state index is -0.849. The van der Waals surface area contributed by atoms with E-state index in [1.165, 1.54) is 24.3 Å². The normalized spacial score (nSPS) is 11.9. The summed E-state index contributed by atoms with van der Waals surface area (Å²) < 4.78 is 5.91. The quantitative estimate of drug-likeness (QED) is 0.125. The van der Waals surface area contributed by atoms with Crippen molar-refractivity contribution >= 4 is 45.7 Å². The summed E-state index contributed by atoms with van der Waals surface area (Å²) in [4.78, 5) is 22.3. The second kappa shape index (κ2) is 9.04. The van der Waals surface area contributed by atoms with Crippen LogP contribution in [0.4, 0.5) is 11.4 Å². The third kappa shape index (κ3) is 5.09. The number of aliphatic hydroxyl groups excluding tert-OH is 1. The number of nitrogens with zero attached hydrogens (tertiary/aromatic N) is 3. The highest BCUT2D eigenvalue weighted by molar-refractivity contribution is 14.1. The molecule has 1 N–H and O–H groups in total. The van der Waals surface area contributed by atoms with Gasteiger partial charge in [-0.15, -0.1) is 5.11 Å². The molecular weight excluding hydrogens is 453 g/mol. The second-order valence-corrected chi connectivity index (χ2v) is 6.14. The van der Waals surface area contributed by atoms with Gasteiger partial charge in [0.25, 0.3) is 5.69 Å². The zero-order chi connectivity index (χ0) is 19.1. The Morgan fingerprint density at radius 1 is 1.19 bits per heavy atom. The number of carbonyl (C=O) groups is 1. The molecule has 0 spiro atoms. The number of rotatable bonds is 6. The molecule has 0 aliphatic rings. The number of carbonyl (C=O) groups excluding carboxylic acids is 1. The molecule has 0 atom stereocenters. The molecule has 0 aliphatic carbocycles.